The lowest BCUT2D eigenvalue weighted by molar-refractivity contribution is 0.0120. The second kappa shape index (κ2) is 4.09. The van der Waals surface area contributed by atoms with Crippen molar-refractivity contribution in [3.05, 3.63) is 39.2 Å². The molecule has 1 unspecified atom stereocenters. The summed E-state index contributed by atoms with van der Waals surface area (Å²) in [5.41, 5.74) is 1.72. The Bertz CT molecular complexity index is 755. The van der Waals surface area contributed by atoms with Crippen molar-refractivity contribution in [1.29, 1.82) is 0 Å². The summed E-state index contributed by atoms with van der Waals surface area (Å²) in [6.45, 7) is 7.50. The number of hydrogen-bond acceptors (Lipinski definition) is 4. The van der Waals surface area contributed by atoms with Crippen molar-refractivity contribution < 1.29 is 14.3 Å². The lowest BCUT2D eigenvalue weighted by Crippen LogP contribution is -2.35. The maximum atomic E-state index is 11.9. The molecule has 0 saturated heterocycles. The molecule has 4 nitrogen and oxygen atoms in total. The summed E-state index contributed by atoms with van der Waals surface area (Å²) < 4.78 is 11.3. The maximum absolute atomic E-state index is 11.9. The van der Waals surface area contributed by atoms with Gasteiger partial charge in [0.05, 0.1) is 11.7 Å². The lowest BCUT2D eigenvalue weighted by Gasteiger charge is -2.35. The highest BCUT2D eigenvalue weighted by atomic mass is 16.5. The fraction of sp³-hybridized carbons (Fsp3) is 0.438. The van der Waals surface area contributed by atoms with Crippen LogP contribution >= 0.6 is 0 Å². The molecule has 0 spiro atoms. The molecular weight excluding hydrogens is 256 g/mol. The van der Waals surface area contributed by atoms with Crippen molar-refractivity contribution in [1.82, 2.24) is 0 Å². The second-order valence-corrected chi connectivity index (χ2v) is 6.08. The number of fused-ring (bicyclic) bond motifs is 3. The first kappa shape index (κ1) is 13.2. The van der Waals surface area contributed by atoms with E-state index in [1.807, 2.05) is 32.9 Å². The first-order valence-corrected chi connectivity index (χ1v) is 6.74. The Morgan fingerprint density at radius 2 is 1.95 bits per heavy atom. The molecule has 1 aliphatic heterocycles. The Kier molecular flexibility index (Phi) is 2.70. The molecule has 1 aromatic carbocycles. The van der Waals surface area contributed by atoms with E-state index in [1.165, 1.54) is 0 Å². The predicted octanol–water partition coefficient (Wildman–Crippen LogP) is 3.00. The number of benzene rings is 1. The molecule has 0 aliphatic carbocycles. The van der Waals surface area contributed by atoms with E-state index in [-0.39, 0.29) is 5.63 Å². The van der Waals surface area contributed by atoms with Gasteiger partial charge >= 0.3 is 5.63 Å². The van der Waals surface area contributed by atoms with Gasteiger partial charge in [0.15, 0.2) is 0 Å². The van der Waals surface area contributed by atoms with Gasteiger partial charge in [0.1, 0.15) is 16.9 Å². The van der Waals surface area contributed by atoms with Gasteiger partial charge in [0.2, 0.25) is 0 Å². The van der Waals surface area contributed by atoms with E-state index < -0.39 is 11.7 Å². The number of aliphatic hydroxyl groups excluding tert-OH is 1. The van der Waals surface area contributed by atoms with Crippen molar-refractivity contribution >= 4 is 11.0 Å². The van der Waals surface area contributed by atoms with Crippen LogP contribution in [-0.4, -0.2) is 10.7 Å². The molecule has 3 rings (SSSR count). The summed E-state index contributed by atoms with van der Waals surface area (Å²) in [4.78, 5) is 11.9. The van der Waals surface area contributed by atoms with Crippen molar-refractivity contribution in [2.24, 2.45) is 0 Å². The predicted molar refractivity (Wildman–Crippen MR) is 76.2 cm³/mol. The number of aryl methyl sites for hydroxylation is 1. The van der Waals surface area contributed by atoms with Crippen LogP contribution in [0.5, 0.6) is 5.75 Å². The van der Waals surface area contributed by atoms with Gasteiger partial charge in [-0.15, -0.1) is 0 Å². The molecule has 0 saturated carbocycles. The van der Waals surface area contributed by atoms with Crippen LogP contribution in [0.25, 0.3) is 11.0 Å². The van der Waals surface area contributed by atoms with Crippen LogP contribution in [0.1, 0.15) is 43.1 Å². The van der Waals surface area contributed by atoms with Gasteiger partial charge in [-0.1, -0.05) is 0 Å². The SMILES string of the molecule is Cc1c(C)c2ccc3c(c2oc1=O)C(O)CC(C)(C)O3. The van der Waals surface area contributed by atoms with E-state index in [1.54, 1.807) is 6.92 Å². The summed E-state index contributed by atoms with van der Waals surface area (Å²) in [6.07, 6.45) is -0.224. The molecule has 1 aromatic heterocycles. The summed E-state index contributed by atoms with van der Waals surface area (Å²) in [5, 5.41) is 11.3. The maximum Gasteiger partial charge on any atom is 0.339 e. The number of rotatable bonds is 0. The molecular formula is C16H18O4. The molecule has 1 aliphatic rings. The van der Waals surface area contributed by atoms with Gasteiger partial charge in [-0.2, -0.15) is 0 Å². The van der Waals surface area contributed by atoms with Crippen LogP contribution < -0.4 is 10.4 Å². The Labute approximate surface area is 117 Å². The van der Waals surface area contributed by atoms with E-state index in [0.29, 0.717) is 28.9 Å². The molecule has 1 atom stereocenters. The van der Waals surface area contributed by atoms with Crippen molar-refractivity contribution in [3.8, 4) is 5.75 Å². The summed E-state index contributed by atoms with van der Waals surface area (Å²) >= 11 is 0. The monoisotopic (exact) mass is 274 g/mol. The standard InChI is InChI=1S/C16H18O4/c1-8-9(2)15(18)19-14-10(8)5-6-12-13(14)11(17)7-16(3,4)20-12/h5-6,11,17H,7H2,1-4H3. The van der Waals surface area contributed by atoms with Crippen LogP contribution in [0.3, 0.4) is 0 Å². The minimum Gasteiger partial charge on any atom is -0.487 e. The quantitative estimate of drug-likeness (QED) is 0.750. The average molecular weight is 274 g/mol. The van der Waals surface area contributed by atoms with E-state index in [2.05, 4.69) is 0 Å². The number of hydrogen-bond donors (Lipinski definition) is 1. The second-order valence-electron chi connectivity index (χ2n) is 6.08. The van der Waals surface area contributed by atoms with Crippen LogP contribution in [0.15, 0.2) is 21.3 Å². The first-order chi connectivity index (χ1) is 9.30. The van der Waals surface area contributed by atoms with Gasteiger partial charge in [-0.25, -0.2) is 4.79 Å². The zero-order chi connectivity index (χ0) is 14.7. The zero-order valence-electron chi connectivity index (χ0n) is 12.1. The normalized spacial score (nSPS) is 20.6. The molecule has 4 heteroatoms. The fourth-order valence-corrected chi connectivity index (χ4v) is 2.82. The first-order valence-electron chi connectivity index (χ1n) is 6.74. The molecule has 20 heavy (non-hydrogen) atoms. The topological polar surface area (TPSA) is 59.7 Å². The zero-order valence-corrected chi connectivity index (χ0v) is 12.1. The highest BCUT2D eigenvalue weighted by molar-refractivity contribution is 5.86. The van der Waals surface area contributed by atoms with Crippen LogP contribution in [0.4, 0.5) is 0 Å². The molecule has 0 fully saturated rings. The third-order valence-electron chi connectivity index (χ3n) is 4.03. The minimum absolute atomic E-state index is 0.361. The summed E-state index contributed by atoms with van der Waals surface area (Å²) in [5.74, 6) is 0.590. The molecule has 0 bridgehead atoms. The molecule has 0 amide bonds. The van der Waals surface area contributed by atoms with Gasteiger partial charge in [0.25, 0.3) is 0 Å². The fourth-order valence-electron chi connectivity index (χ4n) is 2.82. The third-order valence-corrected chi connectivity index (χ3v) is 4.03. The van der Waals surface area contributed by atoms with Gasteiger partial charge in [-0.05, 0) is 45.4 Å². The smallest absolute Gasteiger partial charge is 0.339 e. The Balaban J connectivity index is 2.38. The minimum atomic E-state index is -0.692. The van der Waals surface area contributed by atoms with E-state index in [0.717, 1.165) is 10.9 Å². The molecule has 1 N–H and O–H groups in total. The molecule has 2 heterocycles. The van der Waals surface area contributed by atoms with Crippen molar-refractivity contribution in [2.45, 2.75) is 45.8 Å². The van der Waals surface area contributed by atoms with Gasteiger partial charge in [0, 0.05) is 17.4 Å². The molecule has 2 aromatic rings. The lowest BCUT2D eigenvalue weighted by atomic mass is 9.90. The van der Waals surface area contributed by atoms with Crippen LogP contribution in [0, 0.1) is 13.8 Å². The molecule has 106 valence electrons. The van der Waals surface area contributed by atoms with Gasteiger partial charge in [-0.3, -0.25) is 0 Å². The Morgan fingerprint density at radius 3 is 2.65 bits per heavy atom. The number of aliphatic hydroxyl groups is 1. The van der Waals surface area contributed by atoms with E-state index in [9.17, 15) is 9.90 Å². The van der Waals surface area contributed by atoms with Crippen molar-refractivity contribution in [2.75, 3.05) is 0 Å². The number of ether oxygens (including phenoxy) is 1. The van der Waals surface area contributed by atoms with Crippen LogP contribution in [0.2, 0.25) is 0 Å². The highest BCUT2D eigenvalue weighted by Gasteiger charge is 2.35. The van der Waals surface area contributed by atoms with Crippen LogP contribution in [-0.2, 0) is 0 Å². The highest BCUT2D eigenvalue weighted by Crippen LogP contribution is 2.43. The van der Waals surface area contributed by atoms with E-state index >= 15 is 0 Å². The van der Waals surface area contributed by atoms with Crippen molar-refractivity contribution in [3.63, 3.8) is 0 Å². The summed E-state index contributed by atoms with van der Waals surface area (Å²) in [7, 11) is 0. The van der Waals surface area contributed by atoms with E-state index in [4.69, 9.17) is 9.15 Å². The van der Waals surface area contributed by atoms with Gasteiger partial charge < -0.3 is 14.3 Å². The largest absolute Gasteiger partial charge is 0.487 e. The third kappa shape index (κ3) is 1.83. The Morgan fingerprint density at radius 1 is 1.25 bits per heavy atom. The summed E-state index contributed by atoms with van der Waals surface area (Å²) in [6, 6.07) is 3.72. The molecule has 0 radical (unpaired) electrons. The average Bonchev–Trinajstić information content (AvgIpc) is 2.33. The Hall–Kier alpha value is -1.81.